The second-order valence-electron chi connectivity index (χ2n) is 3.73. The van der Waals surface area contributed by atoms with Crippen LogP contribution in [0.3, 0.4) is 0 Å². The summed E-state index contributed by atoms with van der Waals surface area (Å²) >= 11 is 0. The number of carbonyl (C=O) groups is 1. The highest BCUT2D eigenvalue weighted by atomic mass is 19.1. The highest BCUT2D eigenvalue weighted by Gasteiger charge is 2.19. The van der Waals surface area contributed by atoms with Crippen LogP contribution in [0, 0.1) is 5.82 Å². The summed E-state index contributed by atoms with van der Waals surface area (Å²) in [5.41, 5.74) is 5.85. The number of urea groups is 1. The van der Waals surface area contributed by atoms with Crippen LogP contribution < -0.4 is 15.8 Å². The molecule has 1 heterocycles. The molecule has 1 saturated heterocycles. The van der Waals surface area contributed by atoms with Gasteiger partial charge in [0.1, 0.15) is 6.61 Å². The fourth-order valence-electron chi connectivity index (χ4n) is 1.66. The molecule has 1 aliphatic rings. The summed E-state index contributed by atoms with van der Waals surface area (Å²) in [4.78, 5) is 12.8. The SMILES string of the molecule is Nc1cccc(F)c1OCCN1CCNC1=O. The van der Waals surface area contributed by atoms with E-state index >= 15 is 0 Å². The number of nitrogens with one attached hydrogen (secondary N) is 1. The molecule has 0 spiro atoms. The Bertz CT molecular complexity index is 405. The lowest BCUT2D eigenvalue weighted by Crippen LogP contribution is -2.32. The van der Waals surface area contributed by atoms with E-state index < -0.39 is 5.82 Å². The van der Waals surface area contributed by atoms with Gasteiger partial charge >= 0.3 is 6.03 Å². The quantitative estimate of drug-likeness (QED) is 0.764. The van der Waals surface area contributed by atoms with E-state index in [2.05, 4.69) is 5.32 Å². The van der Waals surface area contributed by atoms with Gasteiger partial charge in [0.2, 0.25) is 0 Å². The zero-order valence-corrected chi connectivity index (χ0v) is 9.28. The van der Waals surface area contributed by atoms with Crippen molar-refractivity contribution in [2.45, 2.75) is 0 Å². The van der Waals surface area contributed by atoms with E-state index in [9.17, 15) is 9.18 Å². The number of halogens is 1. The Balaban J connectivity index is 1.88. The van der Waals surface area contributed by atoms with E-state index in [4.69, 9.17) is 10.5 Å². The molecule has 0 saturated carbocycles. The number of nitrogen functional groups attached to an aromatic ring is 1. The normalized spacial score (nSPS) is 14.9. The van der Waals surface area contributed by atoms with Crippen LogP contribution in [0.1, 0.15) is 0 Å². The summed E-state index contributed by atoms with van der Waals surface area (Å²) in [7, 11) is 0. The van der Waals surface area contributed by atoms with Crippen LogP contribution in [0.15, 0.2) is 18.2 Å². The highest BCUT2D eigenvalue weighted by molar-refractivity contribution is 5.76. The van der Waals surface area contributed by atoms with Crippen molar-refractivity contribution in [3.8, 4) is 5.75 Å². The first kappa shape index (κ1) is 11.5. The maximum atomic E-state index is 13.3. The summed E-state index contributed by atoms with van der Waals surface area (Å²) in [6.45, 7) is 1.92. The molecule has 1 aliphatic heterocycles. The third-order valence-corrected chi connectivity index (χ3v) is 2.55. The smallest absolute Gasteiger partial charge is 0.317 e. The topological polar surface area (TPSA) is 67.6 Å². The number of benzene rings is 1. The second-order valence-corrected chi connectivity index (χ2v) is 3.73. The molecule has 0 bridgehead atoms. The Morgan fingerprint density at radius 2 is 2.35 bits per heavy atom. The molecule has 0 atom stereocenters. The summed E-state index contributed by atoms with van der Waals surface area (Å²) in [6, 6.07) is 4.26. The van der Waals surface area contributed by atoms with Gasteiger partial charge in [-0.3, -0.25) is 0 Å². The number of ether oxygens (including phenoxy) is 1. The molecule has 0 aromatic heterocycles. The van der Waals surface area contributed by atoms with Crippen molar-refractivity contribution in [1.29, 1.82) is 0 Å². The molecular formula is C11H14FN3O2. The van der Waals surface area contributed by atoms with Crippen molar-refractivity contribution in [3.05, 3.63) is 24.0 Å². The summed E-state index contributed by atoms with van der Waals surface area (Å²) < 4.78 is 18.6. The Kier molecular flexibility index (Phi) is 3.32. The van der Waals surface area contributed by atoms with Crippen LogP contribution in [0.25, 0.3) is 0 Å². The van der Waals surface area contributed by atoms with Gasteiger partial charge < -0.3 is 20.7 Å². The van der Waals surface area contributed by atoms with Crippen LogP contribution in [0.5, 0.6) is 5.75 Å². The van der Waals surface area contributed by atoms with Gasteiger partial charge in [-0.15, -0.1) is 0 Å². The molecule has 2 amide bonds. The Morgan fingerprint density at radius 3 is 3.00 bits per heavy atom. The first-order valence-electron chi connectivity index (χ1n) is 5.38. The first-order valence-corrected chi connectivity index (χ1v) is 5.38. The molecule has 17 heavy (non-hydrogen) atoms. The Labute approximate surface area is 98.3 Å². The molecule has 1 aromatic carbocycles. The zero-order valence-electron chi connectivity index (χ0n) is 9.28. The number of nitrogens with zero attached hydrogens (tertiary/aromatic N) is 1. The Hall–Kier alpha value is -1.98. The van der Waals surface area contributed by atoms with E-state index in [1.54, 1.807) is 11.0 Å². The van der Waals surface area contributed by atoms with Gasteiger partial charge in [0.25, 0.3) is 0 Å². The minimum Gasteiger partial charge on any atom is -0.486 e. The molecule has 0 radical (unpaired) electrons. The van der Waals surface area contributed by atoms with Crippen molar-refractivity contribution >= 4 is 11.7 Å². The Morgan fingerprint density at radius 1 is 1.53 bits per heavy atom. The lowest BCUT2D eigenvalue weighted by atomic mass is 10.3. The molecule has 0 aliphatic carbocycles. The molecule has 1 fully saturated rings. The van der Waals surface area contributed by atoms with Gasteiger partial charge in [-0.1, -0.05) is 6.07 Å². The standard InChI is InChI=1S/C11H14FN3O2/c12-8-2-1-3-9(13)10(8)17-7-6-15-5-4-14-11(15)16/h1-3H,4-7,13H2,(H,14,16). The monoisotopic (exact) mass is 239 g/mol. The number of amides is 2. The average molecular weight is 239 g/mol. The third kappa shape index (κ3) is 2.58. The van der Waals surface area contributed by atoms with Gasteiger partial charge in [0.05, 0.1) is 12.2 Å². The number of para-hydroxylation sites is 1. The predicted molar refractivity (Wildman–Crippen MR) is 61.3 cm³/mol. The lowest BCUT2D eigenvalue weighted by molar-refractivity contribution is 0.201. The van der Waals surface area contributed by atoms with Crippen LogP contribution in [-0.4, -0.2) is 37.2 Å². The number of hydrogen-bond acceptors (Lipinski definition) is 3. The maximum absolute atomic E-state index is 13.3. The van der Waals surface area contributed by atoms with Crippen molar-refractivity contribution in [2.75, 3.05) is 32.0 Å². The van der Waals surface area contributed by atoms with Crippen molar-refractivity contribution in [2.24, 2.45) is 0 Å². The van der Waals surface area contributed by atoms with E-state index in [1.165, 1.54) is 12.1 Å². The van der Waals surface area contributed by atoms with Crippen LogP contribution >= 0.6 is 0 Å². The second kappa shape index (κ2) is 4.90. The molecule has 92 valence electrons. The number of hydrogen-bond donors (Lipinski definition) is 2. The average Bonchev–Trinajstić information content (AvgIpc) is 2.69. The summed E-state index contributed by atoms with van der Waals surface area (Å²) in [5.74, 6) is -0.442. The third-order valence-electron chi connectivity index (χ3n) is 2.55. The van der Waals surface area contributed by atoms with E-state index in [1.807, 2.05) is 0 Å². The van der Waals surface area contributed by atoms with Crippen LogP contribution in [-0.2, 0) is 0 Å². The number of carbonyl (C=O) groups excluding carboxylic acids is 1. The van der Waals surface area contributed by atoms with E-state index in [-0.39, 0.29) is 24.1 Å². The summed E-state index contributed by atoms with van der Waals surface area (Å²) in [5, 5.41) is 2.67. The summed E-state index contributed by atoms with van der Waals surface area (Å²) in [6.07, 6.45) is 0. The number of rotatable bonds is 4. The minimum atomic E-state index is -0.490. The minimum absolute atomic E-state index is 0.0482. The predicted octanol–water partition coefficient (Wildman–Crippen LogP) is 0.812. The molecule has 0 unspecified atom stereocenters. The van der Waals surface area contributed by atoms with Crippen LogP contribution in [0.2, 0.25) is 0 Å². The van der Waals surface area contributed by atoms with Crippen molar-refractivity contribution in [1.82, 2.24) is 10.2 Å². The first-order chi connectivity index (χ1) is 8.18. The molecular weight excluding hydrogens is 225 g/mol. The van der Waals surface area contributed by atoms with Gasteiger partial charge in [-0.2, -0.15) is 0 Å². The van der Waals surface area contributed by atoms with Crippen molar-refractivity contribution in [3.63, 3.8) is 0 Å². The van der Waals surface area contributed by atoms with Crippen LogP contribution in [0.4, 0.5) is 14.9 Å². The highest BCUT2D eigenvalue weighted by Crippen LogP contribution is 2.24. The van der Waals surface area contributed by atoms with Gasteiger partial charge in [0, 0.05) is 13.1 Å². The number of anilines is 1. The maximum Gasteiger partial charge on any atom is 0.317 e. The number of nitrogens with two attached hydrogens (primary N) is 1. The largest absolute Gasteiger partial charge is 0.486 e. The molecule has 5 nitrogen and oxygen atoms in total. The van der Waals surface area contributed by atoms with E-state index in [0.717, 1.165) is 0 Å². The molecule has 6 heteroatoms. The van der Waals surface area contributed by atoms with Gasteiger partial charge in [-0.25, -0.2) is 9.18 Å². The lowest BCUT2D eigenvalue weighted by Gasteiger charge is -2.15. The zero-order chi connectivity index (χ0) is 12.3. The molecule has 1 aromatic rings. The van der Waals surface area contributed by atoms with Gasteiger partial charge in [-0.05, 0) is 12.1 Å². The van der Waals surface area contributed by atoms with E-state index in [0.29, 0.717) is 19.6 Å². The van der Waals surface area contributed by atoms with Gasteiger partial charge in [0.15, 0.2) is 11.6 Å². The van der Waals surface area contributed by atoms with Crippen molar-refractivity contribution < 1.29 is 13.9 Å². The fourth-order valence-corrected chi connectivity index (χ4v) is 1.66. The fraction of sp³-hybridized carbons (Fsp3) is 0.364. The molecule has 3 N–H and O–H groups in total. The molecule has 2 rings (SSSR count).